The number of amidine groups is 1. The van der Waals surface area contributed by atoms with Gasteiger partial charge in [0.05, 0.1) is 41.3 Å². The zero-order chi connectivity index (χ0) is 41.6. The van der Waals surface area contributed by atoms with E-state index in [0.717, 1.165) is 50.5 Å². The van der Waals surface area contributed by atoms with Gasteiger partial charge in [-0.2, -0.15) is 9.97 Å². The average Bonchev–Trinajstić information content (AvgIpc) is 3.65. The maximum Gasteiger partial charge on any atom is 0.231 e. The number of methoxy groups -OCH3 is 2. The number of rotatable bonds is 7. The first-order chi connectivity index (χ1) is 27.6. The number of hydrogen-bond donors (Lipinski definition) is 5. The van der Waals surface area contributed by atoms with Crippen LogP contribution in [0.15, 0.2) is 77.8 Å². The summed E-state index contributed by atoms with van der Waals surface area (Å²) in [6.07, 6.45) is 1.69. The van der Waals surface area contributed by atoms with Crippen molar-refractivity contribution in [2.24, 2.45) is 16.5 Å². The van der Waals surface area contributed by atoms with Gasteiger partial charge in [-0.1, -0.05) is 11.6 Å². The number of nitrogens with zero attached hydrogens (tertiary/aromatic N) is 7. The van der Waals surface area contributed by atoms with Crippen LogP contribution in [-0.4, -0.2) is 49.1 Å². The number of nitrogens with one attached hydrogen (secondary N) is 2. The lowest BCUT2D eigenvalue weighted by molar-refractivity contribution is 0.378. The van der Waals surface area contributed by atoms with E-state index in [-0.39, 0.29) is 11.6 Å². The number of aliphatic imine (C=N–C) groups is 1. The van der Waals surface area contributed by atoms with Gasteiger partial charge in [0.25, 0.3) is 0 Å². The SMILES string of the molecule is COc1ccc(C2(N)N=C(N)C=C(n3c(C)nc4cc(C)c(C)cc43)N2)cc1F.COc1ccc(Nc2nc(N)cc(-n3c(C)nc4cc(C)c(C)cc43)n2)cc1Cl. The van der Waals surface area contributed by atoms with Gasteiger partial charge in [0.2, 0.25) is 11.7 Å². The molecule has 1 aliphatic rings. The molecule has 298 valence electrons. The normalized spacial score (nSPS) is 15.0. The fourth-order valence-corrected chi connectivity index (χ4v) is 7.05. The molecule has 8 rings (SSSR count). The molecule has 7 aromatic rings. The second-order valence-electron chi connectivity index (χ2n) is 14.1. The van der Waals surface area contributed by atoms with Crippen molar-refractivity contribution in [2.45, 2.75) is 47.3 Å². The molecule has 14 nitrogen and oxygen atoms in total. The second kappa shape index (κ2) is 15.3. The van der Waals surface area contributed by atoms with E-state index in [1.165, 1.54) is 30.4 Å². The molecule has 8 N–H and O–H groups in total. The van der Waals surface area contributed by atoms with Crippen molar-refractivity contribution in [3.05, 3.63) is 123 Å². The van der Waals surface area contributed by atoms with E-state index < -0.39 is 11.6 Å². The molecule has 0 fully saturated rings. The number of ether oxygens (including phenoxy) is 2. The average molecular weight is 803 g/mol. The minimum Gasteiger partial charge on any atom is -0.495 e. The zero-order valence-corrected chi connectivity index (χ0v) is 34.1. The van der Waals surface area contributed by atoms with Gasteiger partial charge in [0, 0.05) is 23.4 Å². The summed E-state index contributed by atoms with van der Waals surface area (Å²) in [6.45, 7) is 12.1. The molecule has 0 spiro atoms. The van der Waals surface area contributed by atoms with E-state index in [2.05, 4.69) is 74.5 Å². The lowest BCUT2D eigenvalue weighted by atomic mass is 10.1. The molecule has 0 saturated carbocycles. The van der Waals surface area contributed by atoms with Crippen LogP contribution in [0.4, 0.5) is 21.8 Å². The first kappa shape index (κ1) is 39.5. The van der Waals surface area contributed by atoms with Crippen LogP contribution in [-0.2, 0) is 5.79 Å². The molecular formula is C42H44ClFN12O2. The van der Waals surface area contributed by atoms with Gasteiger partial charge in [-0.05, 0) is 124 Å². The highest BCUT2D eigenvalue weighted by Crippen LogP contribution is 2.32. The minimum atomic E-state index is -1.44. The summed E-state index contributed by atoms with van der Waals surface area (Å²) in [4.78, 5) is 22.6. The molecule has 58 heavy (non-hydrogen) atoms. The van der Waals surface area contributed by atoms with Gasteiger partial charge in [0.15, 0.2) is 11.6 Å². The predicted molar refractivity (Wildman–Crippen MR) is 228 cm³/mol. The van der Waals surface area contributed by atoms with Crippen molar-refractivity contribution in [1.82, 2.24) is 34.4 Å². The molecule has 0 aliphatic carbocycles. The van der Waals surface area contributed by atoms with Crippen LogP contribution in [0.5, 0.6) is 11.5 Å². The Bertz CT molecular complexity index is 2810. The summed E-state index contributed by atoms with van der Waals surface area (Å²) in [6, 6.07) is 19.8. The van der Waals surface area contributed by atoms with Crippen LogP contribution in [0.1, 0.15) is 39.5 Å². The number of fused-ring (bicyclic) bond motifs is 2. The van der Waals surface area contributed by atoms with Gasteiger partial charge in [-0.3, -0.25) is 14.9 Å². The van der Waals surface area contributed by atoms with E-state index in [1.807, 2.05) is 42.0 Å². The number of benzene rings is 4. The molecule has 0 saturated heterocycles. The summed E-state index contributed by atoms with van der Waals surface area (Å²) in [5.41, 5.74) is 28.2. The van der Waals surface area contributed by atoms with Crippen molar-refractivity contribution in [2.75, 3.05) is 25.3 Å². The van der Waals surface area contributed by atoms with Crippen LogP contribution in [0.25, 0.3) is 33.7 Å². The summed E-state index contributed by atoms with van der Waals surface area (Å²) >= 11 is 6.21. The Hall–Kier alpha value is -6.71. The summed E-state index contributed by atoms with van der Waals surface area (Å²) < 4.78 is 28.4. The van der Waals surface area contributed by atoms with Crippen LogP contribution in [0.3, 0.4) is 0 Å². The maximum atomic E-state index is 14.3. The highest BCUT2D eigenvalue weighted by Gasteiger charge is 2.33. The van der Waals surface area contributed by atoms with Gasteiger partial charge >= 0.3 is 0 Å². The molecule has 1 aliphatic heterocycles. The number of aromatic nitrogens is 6. The van der Waals surface area contributed by atoms with Crippen LogP contribution in [0.2, 0.25) is 5.02 Å². The quantitative estimate of drug-likeness (QED) is 0.108. The van der Waals surface area contributed by atoms with E-state index in [4.69, 9.17) is 38.3 Å². The second-order valence-corrected chi connectivity index (χ2v) is 14.5. The molecular weight excluding hydrogens is 759 g/mol. The van der Waals surface area contributed by atoms with Gasteiger partial charge in [0.1, 0.15) is 40.7 Å². The van der Waals surface area contributed by atoms with Gasteiger partial charge < -0.3 is 31.6 Å². The third-order valence-electron chi connectivity index (χ3n) is 9.99. The van der Waals surface area contributed by atoms with E-state index in [9.17, 15) is 4.39 Å². The van der Waals surface area contributed by atoms with Crippen molar-refractivity contribution in [3.8, 4) is 17.3 Å². The standard InChI is InChI=1S/C21H21ClN6O.C21H23FN6O/c1-11-7-16-17(8-12(11)2)28(13(3)24-16)20-10-19(23)26-21(27-20)25-14-5-6-18(29-4)15(22)9-14;1-11-7-16-17(8-12(11)2)28(13(3)25-16)20-10-19(23)26-21(24,27-20)14-5-6-18(29-4)15(22)9-14/h5-10H,1-4H3,(H3,23,25,26,27);5-10,27H,24H2,1-4H3,(H2,23,26). The topological polar surface area (TPSA) is 194 Å². The Labute approximate surface area is 339 Å². The van der Waals surface area contributed by atoms with Crippen molar-refractivity contribution in [1.29, 1.82) is 0 Å². The number of anilines is 3. The molecule has 0 bridgehead atoms. The summed E-state index contributed by atoms with van der Waals surface area (Å²) in [7, 11) is 2.98. The number of imidazole rings is 2. The van der Waals surface area contributed by atoms with E-state index >= 15 is 0 Å². The lowest BCUT2D eigenvalue weighted by Gasteiger charge is -2.33. The molecule has 1 atom stereocenters. The Kier molecular flexibility index (Phi) is 10.4. The first-order valence-electron chi connectivity index (χ1n) is 18.2. The van der Waals surface area contributed by atoms with Crippen LogP contribution >= 0.6 is 11.6 Å². The molecule has 4 aromatic carbocycles. The highest BCUT2D eigenvalue weighted by atomic mass is 35.5. The van der Waals surface area contributed by atoms with Crippen LogP contribution < -0.4 is 37.3 Å². The third kappa shape index (κ3) is 7.56. The molecule has 16 heteroatoms. The number of nitrogen functional groups attached to an aromatic ring is 1. The largest absolute Gasteiger partial charge is 0.495 e. The first-order valence-corrected chi connectivity index (χ1v) is 18.6. The fourth-order valence-electron chi connectivity index (χ4n) is 6.79. The van der Waals surface area contributed by atoms with Gasteiger partial charge in [-0.15, -0.1) is 0 Å². The van der Waals surface area contributed by atoms with E-state index in [0.29, 0.717) is 39.7 Å². The summed E-state index contributed by atoms with van der Waals surface area (Å²) in [5.74, 6) is 2.53. The van der Waals surface area contributed by atoms with Crippen molar-refractivity contribution in [3.63, 3.8) is 0 Å². The molecule has 0 amide bonds. The maximum absolute atomic E-state index is 14.3. The molecule has 1 unspecified atom stereocenters. The molecule has 4 heterocycles. The lowest BCUT2D eigenvalue weighted by Crippen LogP contribution is -2.52. The Morgan fingerprint density at radius 1 is 0.724 bits per heavy atom. The smallest absolute Gasteiger partial charge is 0.231 e. The zero-order valence-electron chi connectivity index (χ0n) is 33.4. The Balaban J connectivity index is 0.000000177. The number of aryl methyl sites for hydroxylation is 6. The molecule has 0 radical (unpaired) electrons. The van der Waals surface area contributed by atoms with Crippen LogP contribution in [0, 0.1) is 47.4 Å². The minimum absolute atomic E-state index is 0.128. The predicted octanol–water partition coefficient (Wildman–Crippen LogP) is 7.37. The highest BCUT2D eigenvalue weighted by molar-refractivity contribution is 6.32. The number of halogens is 2. The van der Waals surface area contributed by atoms with Crippen molar-refractivity contribution < 1.29 is 13.9 Å². The number of nitrogens with two attached hydrogens (primary N) is 3. The Morgan fingerprint density at radius 2 is 1.31 bits per heavy atom. The monoisotopic (exact) mass is 802 g/mol. The fraction of sp³-hybridized carbons (Fsp3) is 0.214. The third-order valence-corrected chi connectivity index (χ3v) is 10.3. The van der Waals surface area contributed by atoms with Gasteiger partial charge in [-0.25, -0.2) is 19.4 Å². The van der Waals surface area contributed by atoms with Crippen molar-refractivity contribution >= 4 is 62.8 Å². The van der Waals surface area contributed by atoms with E-state index in [1.54, 1.807) is 37.5 Å². The Morgan fingerprint density at radius 3 is 1.91 bits per heavy atom. The summed E-state index contributed by atoms with van der Waals surface area (Å²) in [5, 5.41) is 6.84. The number of hydrogen-bond acceptors (Lipinski definition) is 12. The molecule has 3 aromatic heterocycles.